The first-order chi connectivity index (χ1) is 6.50. The molecule has 0 heterocycles. The predicted molar refractivity (Wildman–Crippen MR) is 61.0 cm³/mol. The number of hydrogen-bond donors (Lipinski definition) is 2. The molecule has 0 amide bonds. The van der Waals surface area contributed by atoms with E-state index in [0.29, 0.717) is 0 Å². The van der Waals surface area contributed by atoms with Crippen molar-refractivity contribution < 1.29 is 4.74 Å². The van der Waals surface area contributed by atoms with E-state index in [4.69, 9.17) is 15.9 Å². The van der Waals surface area contributed by atoms with Gasteiger partial charge < -0.3 is 10.5 Å². The van der Waals surface area contributed by atoms with E-state index < -0.39 is 0 Å². The van der Waals surface area contributed by atoms with Gasteiger partial charge in [0, 0.05) is 4.47 Å². The second-order valence-corrected chi connectivity index (χ2v) is 3.98. The summed E-state index contributed by atoms with van der Waals surface area (Å²) in [5, 5.41) is 7.04. The van der Waals surface area contributed by atoms with Gasteiger partial charge in [0.25, 0.3) is 0 Å². The predicted octanol–water partition coefficient (Wildman–Crippen LogP) is 2.38. The second kappa shape index (κ2) is 4.46. The molecule has 3 N–H and O–H groups in total. The lowest BCUT2D eigenvalue weighted by Gasteiger charge is -2.09. The van der Waals surface area contributed by atoms with Crippen LogP contribution in [0.3, 0.4) is 0 Å². The first-order valence-electron chi connectivity index (χ1n) is 4.23. The Labute approximate surface area is 91.9 Å². The minimum atomic E-state index is 0.0308. The van der Waals surface area contributed by atoms with Crippen LogP contribution in [0.25, 0.3) is 0 Å². The van der Waals surface area contributed by atoms with Crippen molar-refractivity contribution in [1.29, 1.82) is 5.41 Å². The Morgan fingerprint density at radius 3 is 2.36 bits per heavy atom. The number of nitrogens with two attached hydrogens (primary N) is 1. The number of aryl methyl sites for hydroxylation is 2. The van der Waals surface area contributed by atoms with E-state index in [1.807, 2.05) is 26.0 Å². The first kappa shape index (κ1) is 11.0. The first-order valence-corrected chi connectivity index (χ1v) is 5.02. The molecule has 0 fully saturated rings. The minimum Gasteiger partial charge on any atom is -0.486 e. The van der Waals surface area contributed by atoms with Gasteiger partial charge in [0.2, 0.25) is 0 Å². The molecule has 0 aliphatic carbocycles. The maximum Gasteiger partial charge on any atom is 0.145 e. The molecule has 0 radical (unpaired) electrons. The fourth-order valence-corrected chi connectivity index (χ4v) is 1.38. The minimum absolute atomic E-state index is 0.0308. The summed E-state index contributed by atoms with van der Waals surface area (Å²) in [5.74, 6) is 0.779. The molecule has 1 rings (SSSR count). The van der Waals surface area contributed by atoms with Crippen LogP contribution in [0.2, 0.25) is 0 Å². The molecule has 0 aliphatic rings. The molecule has 0 bridgehead atoms. The van der Waals surface area contributed by atoms with Gasteiger partial charge >= 0.3 is 0 Å². The average Bonchev–Trinajstić information content (AvgIpc) is 2.10. The van der Waals surface area contributed by atoms with Gasteiger partial charge in [-0.25, -0.2) is 0 Å². The fourth-order valence-electron chi connectivity index (χ4n) is 1.15. The zero-order valence-electron chi connectivity index (χ0n) is 8.23. The van der Waals surface area contributed by atoms with Gasteiger partial charge in [-0.2, -0.15) is 0 Å². The molecule has 0 saturated heterocycles. The summed E-state index contributed by atoms with van der Waals surface area (Å²) in [6, 6.07) is 3.83. The highest BCUT2D eigenvalue weighted by atomic mass is 79.9. The molecule has 0 unspecified atom stereocenters. The van der Waals surface area contributed by atoms with Crippen LogP contribution in [0, 0.1) is 19.3 Å². The number of benzene rings is 1. The third-order valence-electron chi connectivity index (χ3n) is 1.80. The zero-order valence-corrected chi connectivity index (χ0v) is 9.81. The van der Waals surface area contributed by atoms with Crippen molar-refractivity contribution in [2.24, 2.45) is 5.73 Å². The van der Waals surface area contributed by atoms with Crippen molar-refractivity contribution in [3.63, 3.8) is 0 Å². The van der Waals surface area contributed by atoms with Gasteiger partial charge in [-0.05, 0) is 37.1 Å². The largest absolute Gasteiger partial charge is 0.486 e. The van der Waals surface area contributed by atoms with Gasteiger partial charge in [-0.15, -0.1) is 0 Å². The van der Waals surface area contributed by atoms with Gasteiger partial charge in [-0.1, -0.05) is 15.9 Å². The molecule has 0 spiro atoms. The monoisotopic (exact) mass is 256 g/mol. The Hall–Kier alpha value is -1.03. The van der Waals surface area contributed by atoms with Crippen molar-refractivity contribution in [3.05, 3.63) is 27.7 Å². The molecular weight excluding hydrogens is 244 g/mol. The third kappa shape index (κ3) is 2.73. The molecule has 14 heavy (non-hydrogen) atoms. The van der Waals surface area contributed by atoms with E-state index in [1.54, 1.807) is 0 Å². The number of rotatable bonds is 3. The van der Waals surface area contributed by atoms with Crippen LogP contribution in [0.1, 0.15) is 11.1 Å². The molecule has 0 aliphatic heterocycles. The second-order valence-electron chi connectivity index (χ2n) is 3.18. The van der Waals surface area contributed by atoms with E-state index in [0.717, 1.165) is 21.3 Å². The topological polar surface area (TPSA) is 59.1 Å². The maximum atomic E-state index is 7.04. The summed E-state index contributed by atoms with van der Waals surface area (Å²) >= 11 is 3.47. The lowest BCUT2D eigenvalue weighted by molar-refractivity contribution is 0.374. The number of halogens is 1. The summed E-state index contributed by atoms with van der Waals surface area (Å²) in [7, 11) is 0. The third-order valence-corrected chi connectivity index (χ3v) is 3.06. The van der Waals surface area contributed by atoms with E-state index in [-0.39, 0.29) is 12.4 Å². The zero-order chi connectivity index (χ0) is 10.7. The van der Waals surface area contributed by atoms with Crippen LogP contribution in [0.5, 0.6) is 5.75 Å². The van der Waals surface area contributed by atoms with Gasteiger partial charge in [-0.3, -0.25) is 5.41 Å². The molecule has 3 nitrogen and oxygen atoms in total. The number of ether oxygens (including phenoxy) is 1. The van der Waals surface area contributed by atoms with Crippen LogP contribution in [0.15, 0.2) is 16.6 Å². The molecule has 0 saturated carbocycles. The summed E-state index contributed by atoms with van der Waals surface area (Å²) in [6.45, 7) is 4.13. The van der Waals surface area contributed by atoms with E-state index in [2.05, 4.69) is 15.9 Å². The summed E-state index contributed by atoms with van der Waals surface area (Å²) in [4.78, 5) is 0. The normalized spacial score (nSPS) is 9.93. The van der Waals surface area contributed by atoms with Gasteiger partial charge in [0.05, 0.1) is 0 Å². The molecule has 0 aromatic heterocycles. The highest BCUT2D eigenvalue weighted by Crippen LogP contribution is 2.26. The molecule has 1 aromatic rings. The SMILES string of the molecule is Cc1cc(OCC(=N)N)cc(C)c1Br. The Bertz CT molecular complexity index is 340. The maximum absolute atomic E-state index is 7.04. The molecule has 4 heteroatoms. The van der Waals surface area contributed by atoms with E-state index >= 15 is 0 Å². The number of nitrogens with one attached hydrogen (secondary N) is 1. The van der Waals surface area contributed by atoms with Crippen molar-refractivity contribution in [2.45, 2.75) is 13.8 Å². The van der Waals surface area contributed by atoms with Gasteiger partial charge in [0.15, 0.2) is 0 Å². The van der Waals surface area contributed by atoms with E-state index in [1.165, 1.54) is 0 Å². The Morgan fingerprint density at radius 1 is 1.43 bits per heavy atom. The highest BCUT2D eigenvalue weighted by Gasteiger charge is 2.03. The molecule has 1 aromatic carbocycles. The lowest BCUT2D eigenvalue weighted by atomic mass is 10.1. The Kier molecular flexibility index (Phi) is 3.52. The van der Waals surface area contributed by atoms with E-state index in [9.17, 15) is 0 Å². The standard InChI is InChI=1S/C10H13BrN2O/c1-6-3-8(14-5-9(12)13)4-7(2)10(6)11/h3-4H,5H2,1-2H3,(H3,12,13). The smallest absolute Gasteiger partial charge is 0.145 e. The summed E-state index contributed by atoms with van der Waals surface area (Å²) in [6.07, 6.45) is 0. The average molecular weight is 257 g/mol. The van der Waals surface area contributed by atoms with Crippen LogP contribution < -0.4 is 10.5 Å². The Morgan fingerprint density at radius 2 is 1.93 bits per heavy atom. The Balaban J connectivity index is 2.84. The number of amidine groups is 1. The van der Waals surface area contributed by atoms with Crippen molar-refractivity contribution in [2.75, 3.05) is 6.61 Å². The highest BCUT2D eigenvalue weighted by molar-refractivity contribution is 9.10. The van der Waals surface area contributed by atoms with Crippen molar-refractivity contribution in [3.8, 4) is 5.75 Å². The van der Waals surface area contributed by atoms with Crippen LogP contribution >= 0.6 is 15.9 Å². The molecule has 0 atom stereocenters. The van der Waals surface area contributed by atoms with Crippen LogP contribution in [0.4, 0.5) is 0 Å². The molecule has 76 valence electrons. The van der Waals surface area contributed by atoms with Gasteiger partial charge in [0.1, 0.15) is 18.2 Å². The quantitative estimate of drug-likeness (QED) is 0.645. The van der Waals surface area contributed by atoms with Crippen molar-refractivity contribution in [1.82, 2.24) is 0 Å². The fraction of sp³-hybridized carbons (Fsp3) is 0.300. The van der Waals surface area contributed by atoms with Crippen LogP contribution in [-0.4, -0.2) is 12.4 Å². The lowest BCUT2D eigenvalue weighted by Crippen LogP contribution is -2.19. The summed E-state index contributed by atoms with van der Waals surface area (Å²) < 4.78 is 6.40. The summed E-state index contributed by atoms with van der Waals surface area (Å²) in [5.41, 5.74) is 7.42. The van der Waals surface area contributed by atoms with Crippen molar-refractivity contribution >= 4 is 21.8 Å². The van der Waals surface area contributed by atoms with Crippen LogP contribution in [-0.2, 0) is 0 Å². The molecular formula is C10H13BrN2O. The number of hydrogen-bond acceptors (Lipinski definition) is 2.